The molecule has 186 valence electrons. The predicted molar refractivity (Wildman–Crippen MR) is 146 cm³/mol. The van der Waals surface area contributed by atoms with Crippen LogP contribution in [0.3, 0.4) is 0 Å². The van der Waals surface area contributed by atoms with Crippen LogP contribution >= 0.6 is 27.9 Å². The molecule has 1 unspecified atom stereocenters. The Kier molecular flexibility index (Phi) is 9.08. The third kappa shape index (κ3) is 6.78. The van der Waals surface area contributed by atoms with E-state index in [0.29, 0.717) is 24.1 Å². The zero-order valence-electron chi connectivity index (χ0n) is 20.2. The van der Waals surface area contributed by atoms with Crippen LogP contribution in [0.25, 0.3) is 0 Å². The van der Waals surface area contributed by atoms with Crippen molar-refractivity contribution in [3.05, 3.63) is 53.1 Å². The number of hydrogen-bond acceptors (Lipinski definition) is 9. The van der Waals surface area contributed by atoms with Crippen molar-refractivity contribution in [2.45, 2.75) is 31.3 Å². The fourth-order valence-corrected chi connectivity index (χ4v) is 4.74. The van der Waals surface area contributed by atoms with Crippen LogP contribution in [0.4, 0.5) is 23.1 Å². The average Bonchev–Trinajstić information content (AvgIpc) is 3.32. The summed E-state index contributed by atoms with van der Waals surface area (Å²) in [5, 5.41) is 6.69. The number of likely N-dealkylation sites (tertiary alicyclic amines) is 1. The molecule has 1 saturated heterocycles. The van der Waals surface area contributed by atoms with E-state index < -0.39 is 0 Å². The zero-order chi connectivity index (χ0) is 24.6. The molecule has 35 heavy (non-hydrogen) atoms. The number of likely N-dealkylation sites (N-methyl/N-ethyl adjacent to an activating group) is 1. The summed E-state index contributed by atoms with van der Waals surface area (Å²) in [7, 11) is 1.89. The first-order valence-electron chi connectivity index (χ1n) is 11.7. The van der Waals surface area contributed by atoms with Gasteiger partial charge in [0.05, 0.1) is 22.5 Å². The molecule has 0 amide bonds. The summed E-state index contributed by atoms with van der Waals surface area (Å²) >= 11 is 5.09. The van der Waals surface area contributed by atoms with E-state index in [0.717, 1.165) is 52.5 Å². The maximum absolute atomic E-state index is 6.23. The Morgan fingerprint density at radius 3 is 2.77 bits per heavy atom. The molecular weight excluding hydrogens is 528 g/mol. The standard InChI is InChI=1S/C25H31BrN6O2S/c1-4-32-13-12-18(16-32)34-17-10-11-20(22(14-17)33-5-2)30-25-28-15-19(26)24(31-25)29-21-8-6-7-9-23(21)35-27-3/h6-11,14-15,18,27H,4-5,12-13,16H2,1-3H3,(H2,28,29,30,31). The SMILES string of the molecule is CCOc1cc(OC2CCN(CC)C2)ccc1Nc1ncc(Br)c(Nc2ccccc2SNC)n1. The number of nitrogens with one attached hydrogen (secondary N) is 3. The number of aromatic nitrogens is 2. The molecule has 8 nitrogen and oxygen atoms in total. The molecule has 1 fully saturated rings. The maximum Gasteiger partial charge on any atom is 0.229 e. The Hall–Kier alpha value is -2.53. The van der Waals surface area contributed by atoms with Crippen molar-refractivity contribution in [3.8, 4) is 11.5 Å². The van der Waals surface area contributed by atoms with Crippen LogP contribution in [0.1, 0.15) is 20.3 Å². The molecule has 3 aromatic rings. The van der Waals surface area contributed by atoms with Crippen LogP contribution in [0.15, 0.2) is 58.0 Å². The molecule has 0 bridgehead atoms. The molecule has 1 atom stereocenters. The maximum atomic E-state index is 6.23. The molecular formula is C25H31BrN6O2S. The lowest BCUT2D eigenvalue weighted by atomic mass is 10.2. The van der Waals surface area contributed by atoms with Gasteiger partial charge in [0.1, 0.15) is 23.4 Å². The molecule has 0 spiro atoms. The molecule has 0 radical (unpaired) electrons. The molecule has 10 heteroatoms. The smallest absolute Gasteiger partial charge is 0.229 e. The first-order chi connectivity index (χ1) is 17.1. The highest BCUT2D eigenvalue weighted by atomic mass is 79.9. The van der Waals surface area contributed by atoms with E-state index in [1.807, 2.05) is 56.4 Å². The van der Waals surface area contributed by atoms with Crippen molar-refractivity contribution in [2.24, 2.45) is 0 Å². The Bertz CT molecular complexity index is 1130. The highest BCUT2D eigenvalue weighted by molar-refractivity contribution is 9.10. The topological polar surface area (TPSA) is 83.6 Å². The van der Waals surface area contributed by atoms with Gasteiger partial charge in [0.25, 0.3) is 0 Å². The van der Waals surface area contributed by atoms with Gasteiger partial charge >= 0.3 is 0 Å². The number of ether oxygens (including phenoxy) is 2. The monoisotopic (exact) mass is 558 g/mol. The quantitative estimate of drug-likeness (QED) is 0.252. The van der Waals surface area contributed by atoms with Gasteiger partial charge in [-0.25, -0.2) is 4.98 Å². The van der Waals surface area contributed by atoms with Crippen molar-refractivity contribution in [1.29, 1.82) is 0 Å². The summed E-state index contributed by atoms with van der Waals surface area (Å²) in [6, 6.07) is 13.9. The van der Waals surface area contributed by atoms with Gasteiger partial charge in [0.2, 0.25) is 5.95 Å². The highest BCUT2D eigenvalue weighted by Crippen LogP contribution is 2.34. The normalized spacial score (nSPS) is 15.7. The molecule has 4 rings (SSSR count). The minimum absolute atomic E-state index is 0.204. The van der Waals surface area contributed by atoms with Gasteiger partial charge in [0.15, 0.2) is 0 Å². The number of halogens is 1. The molecule has 0 aliphatic carbocycles. The molecule has 2 aromatic carbocycles. The van der Waals surface area contributed by atoms with Gasteiger partial charge in [-0.3, -0.25) is 9.62 Å². The van der Waals surface area contributed by atoms with E-state index in [9.17, 15) is 0 Å². The Morgan fingerprint density at radius 1 is 1.14 bits per heavy atom. The number of hydrogen-bond donors (Lipinski definition) is 3. The van der Waals surface area contributed by atoms with Crippen molar-refractivity contribution in [2.75, 3.05) is 43.9 Å². The number of nitrogens with zero attached hydrogens (tertiary/aromatic N) is 3. The largest absolute Gasteiger partial charge is 0.492 e. The van der Waals surface area contributed by atoms with Gasteiger partial charge < -0.3 is 20.1 Å². The number of benzene rings is 2. The summed E-state index contributed by atoms with van der Waals surface area (Å²) in [5.74, 6) is 2.62. The number of para-hydroxylation sites is 1. The van der Waals surface area contributed by atoms with E-state index in [1.165, 1.54) is 11.9 Å². The van der Waals surface area contributed by atoms with Crippen LogP contribution in [-0.2, 0) is 0 Å². The van der Waals surface area contributed by atoms with Crippen LogP contribution in [0, 0.1) is 0 Å². The summed E-state index contributed by atoms with van der Waals surface area (Å²) in [4.78, 5) is 12.6. The van der Waals surface area contributed by atoms with Crippen molar-refractivity contribution in [3.63, 3.8) is 0 Å². The van der Waals surface area contributed by atoms with Gasteiger partial charge in [-0.15, -0.1) is 0 Å². The minimum atomic E-state index is 0.204. The number of anilines is 4. The Morgan fingerprint density at radius 2 is 2.00 bits per heavy atom. The zero-order valence-corrected chi connectivity index (χ0v) is 22.6. The van der Waals surface area contributed by atoms with Crippen molar-refractivity contribution < 1.29 is 9.47 Å². The summed E-state index contributed by atoms with van der Waals surface area (Å²) < 4.78 is 16.0. The molecule has 1 aliphatic rings. The molecule has 1 aliphatic heterocycles. The van der Waals surface area contributed by atoms with Gasteiger partial charge in [0, 0.05) is 30.2 Å². The molecule has 0 saturated carbocycles. The Balaban J connectivity index is 1.51. The minimum Gasteiger partial charge on any atom is -0.492 e. The van der Waals surface area contributed by atoms with Crippen LogP contribution in [-0.4, -0.2) is 54.3 Å². The van der Waals surface area contributed by atoms with Crippen LogP contribution in [0.2, 0.25) is 0 Å². The van der Waals surface area contributed by atoms with Crippen LogP contribution in [0.5, 0.6) is 11.5 Å². The molecule has 2 heterocycles. The lowest BCUT2D eigenvalue weighted by Gasteiger charge is -2.18. The molecule has 1 aromatic heterocycles. The summed E-state index contributed by atoms with van der Waals surface area (Å²) in [5.41, 5.74) is 1.72. The third-order valence-corrected chi connectivity index (χ3v) is 6.94. The van der Waals surface area contributed by atoms with Gasteiger partial charge in [-0.1, -0.05) is 19.1 Å². The summed E-state index contributed by atoms with van der Waals surface area (Å²) in [6.07, 6.45) is 2.97. The first kappa shape index (κ1) is 25.6. The summed E-state index contributed by atoms with van der Waals surface area (Å²) in [6.45, 7) is 7.77. The van der Waals surface area contributed by atoms with E-state index in [1.54, 1.807) is 6.20 Å². The van der Waals surface area contributed by atoms with E-state index >= 15 is 0 Å². The molecule has 3 N–H and O–H groups in total. The lowest BCUT2D eigenvalue weighted by Crippen LogP contribution is -2.24. The predicted octanol–water partition coefficient (Wildman–Crippen LogP) is 5.82. The average molecular weight is 560 g/mol. The Labute approximate surface area is 219 Å². The van der Waals surface area contributed by atoms with Crippen LogP contribution < -0.4 is 24.8 Å². The lowest BCUT2D eigenvalue weighted by molar-refractivity contribution is 0.201. The van der Waals surface area contributed by atoms with Gasteiger partial charge in [-0.2, -0.15) is 4.98 Å². The fraction of sp³-hybridized carbons (Fsp3) is 0.360. The second kappa shape index (κ2) is 12.4. The number of rotatable bonds is 11. The fourth-order valence-electron chi connectivity index (χ4n) is 3.86. The van der Waals surface area contributed by atoms with Gasteiger partial charge in [-0.05, 0) is 79.1 Å². The third-order valence-electron chi connectivity index (χ3n) is 5.57. The second-order valence-corrected chi connectivity index (χ2v) is 9.86. The highest BCUT2D eigenvalue weighted by Gasteiger charge is 2.23. The second-order valence-electron chi connectivity index (χ2n) is 7.96. The van der Waals surface area contributed by atoms with E-state index in [4.69, 9.17) is 9.47 Å². The van der Waals surface area contributed by atoms with Crippen molar-refractivity contribution in [1.82, 2.24) is 19.6 Å². The van der Waals surface area contributed by atoms with E-state index in [2.05, 4.69) is 53.1 Å². The van der Waals surface area contributed by atoms with E-state index in [-0.39, 0.29) is 6.10 Å². The van der Waals surface area contributed by atoms with Crippen molar-refractivity contribution >= 4 is 51.0 Å². The first-order valence-corrected chi connectivity index (χ1v) is 13.4.